The maximum absolute atomic E-state index is 6.41. The molecule has 10 rings (SSSR count). The van der Waals surface area contributed by atoms with Crippen molar-refractivity contribution in [2.75, 3.05) is 9.80 Å². The van der Waals surface area contributed by atoms with Crippen LogP contribution in [-0.2, 0) is 0 Å². The van der Waals surface area contributed by atoms with Crippen LogP contribution in [0.2, 0.25) is 0 Å². The number of furan rings is 1. The molecule has 0 bridgehead atoms. The van der Waals surface area contributed by atoms with Crippen LogP contribution < -0.4 is 9.80 Å². The molecule has 0 aliphatic rings. The summed E-state index contributed by atoms with van der Waals surface area (Å²) in [6.45, 7) is 0. The van der Waals surface area contributed by atoms with Gasteiger partial charge in [0.05, 0.1) is 27.1 Å². The number of aromatic nitrogens is 1. The molecule has 0 aliphatic heterocycles. The third kappa shape index (κ3) is 4.48. The van der Waals surface area contributed by atoms with E-state index in [1.807, 2.05) is 35.9 Å². The first kappa shape index (κ1) is 28.6. The lowest BCUT2D eigenvalue weighted by Crippen LogP contribution is -2.13. The van der Waals surface area contributed by atoms with Crippen molar-refractivity contribution in [1.29, 1.82) is 0 Å². The molecule has 0 amide bonds. The summed E-state index contributed by atoms with van der Waals surface area (Å²) >= 11 is 1.85. The van der Waals surface area contributed by atoms with Gasteiger partial charge in [0.15, 0.2) is 0 Å². The fourth-order valence-electron chi connectivity index (χ4n) is 7.34. The first-order valence-electron chi connectivity index (χ1n) is 16.7. The van der Waals surface area contributed by atoms with Crippen molar-refractivity contribution >= 4 is 98.3 Å². The minimum absolute atomic E-state index is 0.867. The summed E-state index contributed by atoms with van der Waals surface area (Å²) in [7, 11) is 0. The Morgan fingerprint density at radius 1 is 0.420 bits per heavy atom. The van der Waals surface area contributed by atoms with E-state index in [1.54, 1.807) is 0 Å². The number of hydrogen-bond donors (Lipinski definition) is 0. The van der Waals surface area contributed by atoms with Gasteiger partial charge in [0.2, 0.25) is 0 Å². The maximum atomic E-state index is 6.41. The Morgan fingerprint density at radius 2 is 1.04 bits per heavy atom. The Bertz CT molecular complexity index is 2790. The fourth-order valence-corrected chi connectivity index (χ4v) is 8.71. The second kappa shape index (κ2) is 11.6. The van der Waals surface area contributed by atoms with E-state index in [9.17, 15) is 0 Å². The molecule has 50 heavy (non-hydrogen) atoms. The number of rotatable bonds is 6. The van der Waals surface area contributed by atoms with E-state index < -0.39 is 0 Å². The maximum Gasteiger partial charge on any atom is 0.137 e. The number of pyridine rings is 1. The van der Waals surface area contributed by atoms with Crippen LogP contribution >= 0.6 is 11.3 Å². The molecule has 0 fully saturated rings. The third-order valence-corrected chi connectivity index (χ3v) is 10.8. The molecule has 0 unspecified atom stereocenters. The van der Waals surface area contributed by atoms with E-state index in [4.69, 9.17) is 4.42 Å². The Hall–Kier alpha value is -6.43. The van der Waals surface area contributed by atoms with E-state index in [1.165, 1.54) is 25.6 Å². The zero-order valence-electron chi connectivity index (χ0n) is 26.9. The largest absolute Gasteiger partial charge is 0.456 e. The number of benzene rings is 7. The lowest BCUT2D eigenvalue weighted by atomic mass is 10.0. The van der Waals surface area contributed by atoms with Crippen molar-refractivity contribution in [3.8, 4) is 0 Å². The van der Waals surface area contributed by atoms with Gasteiger partial charge in [-0.3, -0.25) is 4.98 Å². The summed E-state index contributed by atoms with van der Waals surface area (Å²) in [4.78, 5) is 9.24. The van der Waals surface area contributed by atoms with Crippen LogP contribution in [0.25, 0.3) is 52.9 Å². The number of nitrogens with zero attached hydrogens (tertiary/aromatic N) is 3. The van der Waals surface area contributed by atoms with E-state index in [-0.39, 0.29) is 0 Å². The summed E-state index contributed by atoms with van der Waals surface area (Å²) < 4.78 is 8.86. The lowest BCUT2D eigenvalue weighted by molar-refractivity contribution is 0.669. The number of anilines is 6. The van der Waals surface area contributed by atoms with Gasteiger partial charge in [-0.1, -0.05) is 91.0 Å². The molecule has 3 heterocycles. The standard InChI is InChI=1S/C45H29N3OS/c1-4-13-31(14-5-1)47(32-15-6-2-7-16-32)38-25-26-39(45-43(38)36-24-23-30-29-46-28-27-34(30)44(36)50-45)48(33-17-8-3-9-18-33)37-20-12-22-41-42(37)35-19-10-11-21-40(35)49-41/h1-29H. The van der Waals surface area contributed by atoms with Gasteiger partial charge in [-0.25, -0.2) is 0 Å². The second-order valence-corrected chi connectivity index (χ2v) is 13.4. The first-order valence-corrected chi connectivity index (χ1v) is 17.5. The molecule has 0 saturated carbocycles. The lowest BCUT2D eigenvalue weighted by Gasteiger charge is -2.30. The highest BCUT2D eigenvalue weighted by Crippen LogP contribution is 2.52. The summed E-state index contributed by atoms with van der Waals surface area (Å²) in [6, 6.07) is 57.9. The summed E-state index contributed by atoms with van der Waals surface area (Å²) in [5, 5.41) is 6.96. The highest BCUT2D eigenvalue weighted by Gasteiger charge is 2.26. The topological polar surface area (TPSA) is 32.5 Å². The van der Waals surface area contributed by atoms with Crippen LogP contribution in [0.15, 0.2) is 181 Å². The zero-order chi connectivity index (χ0) is 33.0. The number of hydrogen-bond acceptors (Lipinski definition) is 5. The Kier molecular flexibility index (Phi) is 6.64. The fraction of sp³-hybridized carbons (Fsp3) is 0. The quantitative estimate of drug-likeness (QED) is 0.178. The summed E-state index contributed by atoms with van der Waals surface area (Å²) in [5.74, 6) is 0. The monoisotopic (exact) mass is 659 g/mol. The molecular formula is C45H29N3OS. The normalized spacial score (nSPS) is 11.6. The van der Waals surface area contributed by atoms with E-state index in [0.717, 1.165) is 61.4 Å². The van der Waals surface area contributed by atoms with Gasteiger partial charge < -0.3 is 14.2 Å². The molecule has 0 saturated heterocycles. The molecule has 4 nitrogen and oxygen atoms in total. The molecule has 0 N–H and O–H groups in total. The molecule has 0 aliphatic carbocycles. The van der Waals surface area contributed by atoms with Crippen LogP contribution in [0.4, 0.5) is 34.1 Å². The molecular weight excluding hydrogens is 631 g/mol. The predicted molar refractivity (Wildman–Crippen MR) is 211 cm³/mol. The smallest absolute Gasteiger partial charge is 0.137 e. The van der Waals surface area contributed by atoms with Crippen LogP contribution in [0.5, 0.6) is 0 Å². The molecule has 0 radical (unpaired) electrons. The van der Waals surface area contributed by atoms with Crippen LogP contribution in [0, 0.1) is 0 Å². The van der Waals surface area contributed by atoms with Crippen molar-refractivity contribution in [2.24, 2.45) is 0 Å². The minimum Gasteiger partial charge on any atom is -0.456 e. The highest BCUT2D eigenvalue weighted by molar-refractivity contribution is 7.27. The van der Waals surface area contributed by atoms with Gasteiger partial charge in [-0.15, -0.1) is 11.3 Å². The van der Waals surface area contributed by atoms with Crippen molar-refractivity contribution < 1.29 is 4.42 Å². The van der Waals surface area contributed by atoms with Crippen LogP contribution in [0.1, 0.15) is 0 Å². The SMILES string of the molecule is c1ccc(N(c2ccc(N(c3ccccc3)c3ccccc3)c3c2sc2c4ccncc4ccc23)c2cccc3oc4ccccc4c23)cc1. The molecule has 0 spiro atoms. The number of para-hydroxylation sites is 4. The van der Waals surface area contributed by atoms with Gasteiger partial charge >= 0.3 is 0 Å². The van der Waals surface area contributed by atoms with Gasteiger partial charge in [-0.2, -0.15) is 0 Å². The van der Waals surface area contributed by atoms with Crippen LogP contribution in [0.3, 0.4) is 0 Å². The van der Waals surface area contributed by atoms with Crippen molar-refractivity contribution in [2.45, 2.75) is 0 Å². The number of fused-ring (bicyclic) bond motifs is 8. The van der Waals surface area contributed by atoms with Crippen molar-refractivity contribution in [3.05, 3.63) is 176 Å². The van der Waals surface area contributed by atoms with Gasteiger partial charge in [0.1, 0.15) is 11.2 Å². The molecule has 0 atom stereocenters. The molecule has 7 aromatic carbocycles. The average molecular weight is 660 g/mol. The molecule has 5 heteroatoms. The van der Waals surface area contributed by atoms with Crippen molar-refractivity contribution in [1.82, 2.24) is 4.98 Å². The second-order valence-electron chi connectivity index (χ2n) is 12.4. The minimum atomic E-state index is 0.867. The molecule has 10 aromatic rings. The van der Waals surface area contributed by atoms with Gasteiger partial charge in [-0.05, 0) is 72.8 Å². The molecule has 3 aromatic heterocycles. The Balaban J connectivity index is 1.34. The van der Waals surface area contributed by atoms with Crippen LogP contribution in [-0.4, -0.2) is 4.98 Å². The predicted octanol–water partition coefficient (Wildman–Crippen LogP) is 13.4. The van der Waals surface area contributed by atoms with E-state index in [0.29, 0.717) is 0 Å². The highest BCUT2D eigenvalue weighted by atomic mass is 32.1. The Labute approximate surface area is 292 Å². The summed E-state index contributed by atoms with van der Waals surface area (Å²) in [6.07, 6.45) is 3.86. The average Bonchev–Trinajstić information content (AvgIpc) is 3.77. The van der Waals surface area contributed by atoms with Gasteiger partial charge in [0, 0.05) is 61.1 Å². The third-order valence-electron chi connectivity index (χ3n) is 9.51. The van der Waals surface area contributed by atoms with Gasteiger partial charge in [0.25, 0.3) is 0 Å². The Morgan fingerprint density at radius 3 is 1.78 bits per heavy atom. The first-order chi connectivity index (χ1) is 24.8. The zero-order valence-corrected chi connectivity index (χ0v) is 27.7. The van der Waals surface area contributed by atoms with Crippen molar-refractivity contribution in [3.63, 3.8) is 0 Å². The number of thiophene rings is 1. The van der Waals surface area contributed by atoms with E-state index in [2.05, 4.69) is 166 Å². The molecule has 236 valence electrons. The van der Waals surface area contributed by atoms with E-state index >= 15 is 0 Å². The summed E-state index contributed by atoms with van der Waals surface area (Å²) in [5.41, 5.74) is 8.34.